The molecular formula is C23H32F3N3O3. The van der Waals surface area contributed by atoms with Crippen LogP contribution in [0.15, 0.2) is 24.3 Å². The molecule has 9 heteroatoms. The summed E-state index contributed by atoms with van der Waals surface area (Å²) in [5.74, 6) is -0.285. The third-order valence-electron chi connectivity index (χ3n) is 6.19. The Balaban J connectivity index is 1.66. The van der Waals surface area contributed by atoms with Crippen molar-refractivity contribution < 1.29 is 27.5 Å². The van der Waals surface area contributed by atoms with Crippen molar-refractivity contribution in [2.75, 3.05) is 45.9 Å². The topological polar surface area (TPSA) is 61.9 Å². The van der Waals surface area contributed by atoms with Crippen molar-refractivity contribution in [1.29, 1.82) is 0 Å². The molecule has 1 aromatic rings. The SMILES string of the molecule is CCCC(=O)N1CCCC(C(=O)NCC(c2ccc(C(F)(F)F)cc2)N2CCOCC2)C1. The van der Waals surface area contributed by atoms with Gasteiger partial charge in [-0.2, -0.15) is 13.2 Å². The largest absolute Gasteiger partial charge is 0.416 e. The summed E-state index contributed by atoms with van der Waals surface area (Å²) < 4.78 is 44.3. The number of hydrogen-bond donors (Lipinski definition) is 1. The van der Waals surface area contributed by atoms with Crippen LogP contribution in [-0.2, 0) is 20.5 Å². The van der Waals surface area contributed by atoms with Gasteiger partial charge in [-0.1, -0.05) is 19.1 Å². The fourth-order valence-corrected chi connectivity index (χ4v) is 4.37. The number of benzene rings is 1. The Bertz CT molecular complexity index is 764. The molecule has 2 atom stereocenters. The Morgan fingerprint density at radius 2 is 1.84 bits per heavy atom. The second-order valence-electron chi connectivity index (χ2n) is 8.46. The zero-order valence-corrected chi connectivity index (χ0v) is 18.5. The van der Waals surface area contributed by atoms with Gasteiger partial charge in [0.1, 0.15) is 0 Å². The summed E-state index contributed by atoms with van der Waals surface area (Å²) in [7, 11) is 0. The molecule has 2 unspecified atom stereocenters. The summed E-state index contributed by atoms with van der Waals surface area (Å²) in [4.78, 5) is 29.0. The molecule has 2 fully saturated rings. The number of ether oxygens (including phenoxy) is 1. The highest BCUT2D eigenvalue weighted by atomic mass is 19.4. The average Bonchev–Trinajstić information content (AvgIpc) is 2.80. The van der Waals surface area contributed by atoms with Gasteiger partial charge in [-0.3, -0.25) is 14.5 Å². The van der Waals surface area contributed by atoms with Gasteiger partial charge < -0.3 is 15.0 Å². The number of carbonyl (C=O) groups excluding carboxylic acids is 2. The van der Waals surface area contributed by atoms with Crippen LogP contribution in [-0.4, -0.2) is 67.6 Å². The van der Waals surface area contributed by atoms with E-state index in [2.05, 4.69) is 10.2 Å². The first-order chi connectivity index (χ1) is 15.3. The second kappa shape index (κ2) is 11.1. The van der Waals surface area contributed by atoms with E-state index in [1.165, 1.54) is 12.1 Å². The highest BCUT2D eigenvalue weighted by Gasteiger charge is 2.32. The van der Waals surface area contributed by atoms with Crippen molar-refractivity contribution >= 4 is 11.8 Å². The number of halogens is 3. The quantitative estimate of drug-likeness (QED) is 0.686. The molecule has 2 aliphatic rings. The molecule has 2 amide bonds. The normalized spacial score (nSPS) is 21.2. The van der Waals surface area contributed by atoms with Crippen molar-refractivity contribution in [3.05, 3.63) is 35.4 Å². The van der Waals surface area contributed by atoms with E-state index in [0.717, 1.165) is 37.0 Å². The lowest BCUT2D eigenvalue weighted by Gasteiger charge is -2.36. The Hall–Kier alpha value is -2.13. The first-order valence-electron chi connectivity index (χ1n) is 11.3. The van der Waals surface area contributed by atoms with Crippen LogP contribution in [0.4, 0.5) is 13.2 Å². The number of rotatable bonds is 7. The third kappa shape index (κ3) is 6.45. The lowest BCUT2D eigenvalue weighted by atomic mass is 9.96. The molecule has 2 heterocycles. The Morgan fingerprint density at radius 1 is 1.16 bits per heavy atom. The Labute approximate surface area is 187 Å². The van der Waals surface area contributed by atoms with Crippen LogP contribution in [0.1, 0.15) is 49.8 Å². The van der Waals surface area contributed by atoms with Gasteiger partial charge in [0.05, 0.1) is 30.7 Å². The van der Waals surface area contributed by atoms with E-state index in [1.807, 2.05) is 6.92 Å². The maximum Gasteiger partial charge on any atom is 0.416 e. The van der Waals surface area contributed by atoms with E-state index in [-0.39, 0.29) is 23.8 Å². The number of nitrogens with zero attached hydrogens (tertiary/aromatic N) is 2. The van der Waals surface area contributed by atoms with Crippen molar-refractivity contribution in [3.8, 4) is 0 Å². The number of carbonyl (C=O) groups is 2. The van der Waals surface area contributed by atoms with Gasteiger partial charge in [0.25, 0.3) is 0 Å². The summed E-state index contributed by atoms with van der Waals surface area (Å²) >= 11 is 0. The summed E-state index contributed by atoms with van der Waals surface area (Å²) in [6.45, 7) is 5.74. The maximum absolute atomic E-state index is 13.0. The molecule has 2 aliphatic heterocycles. The predicted molar refractivity (Wildman–Crippen MR) is 114 cm³/mol. The molecule has 0 bridgehead atoms. The van der Waals surface area contributed by atoms with Crippen LogP contribution >= 0.6 is 0 Å². The zero-order valence-electron chi connectivity index (χ0n) is 18.5. The molecule has 0 radical (unpaired) electrons. The van der Waals surface area contributed by atoms with Gasteiger partial charge in [-0.05, 0) is 37.0 Å². The molecule has 0 saturated carbocycles. The fourth-order valence-electron chi connectivity index (χ4n) is 4.37. The first kappa shape index (κ1) is 24.5. The molecule has 0 spiro atoms. The standard InChI is InChI=1S/C23H32F3N3O3/c1-2-4-21(30)29-10-3-5-18(16-29)22(31)27-15-20(28-11-13-32-14-12-28)17-6-8-19(9-7-17)23(24,25)26/h6-9,18,20H,2-5,10-16H2,1H3,(H,27,31). The van der Waals surface area contributed by atoms with Gasteiger partial charge in [0, 0.05) is 39.1 Å². The van der Waals surface area contributed by atoms with Crippen molar-refractivity contribution in [2.24, 2.45) is 5.92 Å². The lowest BCUT2D eigenvalue weighted by molar-refractivity contribution is -0.138. The van der Waals surface area contributed by atoms with Crippen LogP contribution in [0, 0.1) is 5.92 Å². The van der Waals surface area contributed by atoms with E-state index < -0.39 is 11.7 Å². The minimum absolute atomic E-state index is 0.0842. The minimum Gasteiger partial charge on any atom is -0.379 e. The lowest BCUT2D eigenvalue weighted by Crippen LogP contribution is -2.48. The Kier molecular flexibility index (Phi) is 8.53. The van der Waals surface area contributed by atoms with Crippen LogP contribution in [0.5, 0.6) is 0 Å². The van der Waals surface area contributed by atoms with Gasteiger partial charge in [0.2, 0.25) is 11.8 Å². The summed E-state index contributed by atoms with van der Waals surface area (Å²) in [5.41, 5.74) is 0.0358. The van der Waals surface area contributed by atoms with Crippen LogP contribution in [0.2, 0.25) is 0 Å². The number of hydrogen-bond acceptors (Lipinski definition) is 4. The molecule has 1 aromatic carbocycles. The van der Waals surface area contributed by atoms with Gasteiger partial charge in [0.15, 0.2) is 0 Å². The fraction of sp³-hybridized carbons (Fsp3) is 0.652. The molecule has 2 saturated heterocycles. The van der Waals surface area contributed by atoms with Crippen molar-refractivity contribution in [1.82, 2.24) is 15.1 Å². The monoisotopic (exact) mass is 455 g/mol. The number of piperidine rings is 1. The highest BCUT2D eigenvalue weighted by Crippen LogP contribution is 2.31. The Morgan fingerprint density at radius 3 is 2.47 bits per heavy atom. The van der Waals surface area contributed by atoms with E-state index in [0.29, 0.717) is 52.4 Å². The highest BCUT2D eigenvalue weighted by molar-refractivity contribution is 5.81. The molecule has 1 N–H and O–H groups in total. The number of amides is 2. The van der Waals surface area contributed by atoms with Gasteiger partial charge >= 0.3 is 6.18 Å². The van der Waals surface area contributed by atoms with Crippen molar-refractivity contribution in [3.63, 3.8) is 0 Å². The van der Waals surface area contributed by atoms with Gasteiger partial charge in [-0.25, -0.2) is 0 Å². The van der Waals surface area contributed by atoms with E-state index in [4.69, 9.17) is 4.74 Å². The average molecular weight is 456 g/mol. The first-order valence-corrected chi connectivity index (χ1v) is 11.3. The summed E-state index contributed by atoms with van der Waals surface area (Å²) in [6.07, 6.45) is -1.60. The molecule has 0 aliphatic carbocycles. The van der Waals surface area contributed by atoms with E-state index in [9.17, 15) is 22.8 Å². The molecule has 6 nitrogen and oxygen atoms in total. The van der Waals surface area contributed by atoms with Crippen molar-refractivity contribution in [2.45, 2.75) is 44.8 Å². The molecule has 3 rings (SSSR count). The van der Waals surface area contributed by atoms with E-state index in [1.54, 1.807) is 4.90 Å². The summed E-state index contributed by atoms with van der Waals surface area (Å²) in [6, 6.07) is 4.90. The zero-order chi connectivity index (χ0) is 23.1. The number of alkyl halides is 3. The number of likely N-dealkylation sites (tertiary alicyclic amines) is 1. The van der Waals surface area contributed by atoms with Crippen LogP contribution < -0.4 is 5.32 Å². The van der Waals surface area contributed by atoms with Crippen LogP contribution in [0.25, 0.3) is 0 Å². The molecule has 178 valence electrons. The second-order valence-corrected chi connectivity index (χ2v) is 8.46. The smallest absolute Gasteiger partial charge is 0.379 e. The molecule has 32 heavy (non-hydrogen) atoms. The number of nitrogens with one attached hydrogen (secondary N) is 1. The minimum atomic E-state index is -4.39. The number of morpholine rings is 1. The van der Waals surface area contributed by atoms with Crippen LogP contribution in [0.3, 0.4) is 0 Å². The van der Waals surface area contributed by atoms with E-state index >= 15 is 0 Å². The molecular weight excluding hydrogens is 423 g/mol. The third-order valence-corrected chi connectivity index (χ3v) is 6.19. The maximum atomic E-state index is 13.0. The van der Waals surface area contributed by atoms with Gasteiger partial charge in [-0.15, -0.1) is 0 Å². The summed E-state index contributed by atoms with van der Waals surface area (Å²) in [5, 5.41) is 3.00. The molecule has 0 aromatic heterocycles. The predicted octanol–water partition coefficient (Wildman–Crippen LogP) is 3.23.